The van der Waals surface area contributed by atoms with E-state index in [1.807, 2.05) is 26.8 Å². The highest BCUT2D eigenvalue weighted by atomic mass is 13.7. The number of hydrogen-bond acceptors (Lipinski definition) is 0. The van der Waals surface area contributed by atoms with E-state index in [4.69, 9.17) is 0 Å². The molecule has 0 aliphatic rings. The molecule has 7 heavy (non-hydrogen) atoms. The predicted octanol–water partition coefficient (Wildman–Crippen LogP) is 1.98. The van der Waals surface area contributed by atoms with Crippen LogP contribution in [0.15, 0.2) is 11.6 Å². The smallest absolute Gasteiger partial charge is 0.00234 e. The zero-order valence-corrected chi connectivity index (χ0v) is 5.08. The van der Waals surface area contributed by atoms with Gasteiger partial charge in [-0.2, -0.15) is 0 Å². The third kappa shape index (κ3) is 3.12. The Kier molecular flexibility index (Phi) is 3.14. The quantitative estimate of drug-likeness (QED) is 0.402. The van der Waals surface area contributed by atoms with Crippen LogP contribution in [0.5, 0.6) is 0 Å². The Morgan fingerprint density at radius 3 is 2.29 bits per heavy atom. The maximum absolute atomic E-state index is 2.91. The van der Waals surface area contributed by atoms with Crippen molar-refractivity contribution >= 4 is 0 Å². The highest BCUT2D eigenvalue weighted by molar-refractivity contribution is 5.24. The van der Waals surface area contributed by atoms with E-state index in [0.29, 0.717) is 0 Å². The number of rotatable bonds is 0. The summed E-state index contributed by atoms with van der Waals surface area (Å²) < 4.78 is 0. The van der Waals surface area contributed by atoms with Crippen molar-refractivity contribution in [3.63, 3.8) is 0 Å². The molecule has 0 aliphatic heterocycles. The molecular formula is C7H10. The maximum Gasteiger partial charge on any atom is -0.00234 e. The third-order valence-corrected chi connectivity index (χ3v) is 0.755. The summed E-state index contributed by atoms with van der Waals surface area (Å²) in [5, 5.41) is 0. The Hall–Kier alpha value is -0.700. The number of allylic oxidation sites excluding steroid dienone is 2. The topological polar surface area (TPSA) is 0 Å². The second kappa shape index (κ2) is 3.49. The van der Waals surface area contributed by atoms with E-state index >= 15 is 0 Å². The van der Waals surface area contributed by atoms with Gasteiger partial charge in [0.1, 0.15) is 0 Å². The summed E-state index contributed by atoms with van der Waals surface area (Å²) in [6.07, 6.45) is 2.00. The number of hydrogen-bond donors (Lipinski definition) is 0. The summed E-state index contributed by atoms with van der Waals surface area (Å²) in [5.74, 6) is 5.71. The first kappa shape index (κ1) is 6.30. The van der Waals surface area contributed by atoms with Crippen molar-refractivity contribution in [1.29, 1.82) is 0 Å². The van der Waals surface area contributed by atoms with Crippen LogP contribution in [0.1, 0.15) is 20.8 Å². The van der Waals surface area contributed by atoms with E-state index in [9.17, 15) is 0 Å². The van der Waals surface area contributed by atoms with Gasteiger partial charge in [0, 0.05) is 0 Å². The van der Waals surface area contributed by atoms with Crippen molar-refractivity contribution in [3.8, 4) is 11.8 Å². The summed E-state index contributed by atoms with van der Waals surface area (Å²) in [6, 6.07) is 0. The second-order valence-corrected chi connectivity index (χ2v) is 1.35. The van der Waals surface area contributed by atoms with Crippen molar-refractivity contribution in [2.45, 2.75) is 20.8 Å². The lowest BCUT2D eigenvalue weighted by atomic mass is 10.3. The van der Waals surface area contributed by atoms with Crippen molar-refractivity contribution in [1.82, 2.24) is 0 Å². The fourth-order valence-corrected chi connectivity index (χ4v) is 0.269. The molecule has 0 aromatic rings. The van der Waals surface area contributed by atoms with Gasteiger partial charge in [-0.15, -0.1) is 5.92 Å². The Morgan fingerprint density at radius 2 is 2.14 bits per heavy atom. The van der Waals surface area contributed by atoms with E-state index in [1.165, 1.54) is 0 Å². The van der Waals surface area contributed by atoms with Crippen molar-refractivity contribution in [3.05, 3.63) is 11.6 Å². The van der Waals surface area contributed by atoms with Crippen LogP contribution in [0.3, 0.4) is 0 Å². The van der Waals surface area contributed by atoms with E-state index in [0.717, 1.165) is 5.57 Å². The van der Waals surface area contributed by atoms with Crippen molar-refractivity contribution in [2.24, 2.45) is 0 Å². The van der Waals surface area contributed by atoms with Gasteiger partial charge in [0.25, 0.3) is 0 Å². The molecule has 0 saturated heterocycles. The summed E-state index contributed by atoms with van der Waals surface area (Å²) in [7, 11) is 0. The molecule has 0 N–H and O–H groups in total. The van der Waals surface area contributed by atoms with Gasteiger partial charge in [0.05, 0.1) is 0 Å². The molecule has 0 aromatic carbocycles. The van der Waals surface area contributed by atoms with Crippen LogP contribution in [0.2, 0.25) is 0 Å². The molecule has 0 saturated carbocycles. The van der Waals surface area contributed by atoms with Crippen LogP contribution >= 0.6 is 0 Å². The lowest BCUT2D eigenvalue weighted by Gasteiger charge is -1.76. The summed E-state index contributed by atoms with van der Waals surface area (Å²) in [5.41, 5.74) is 1.14. The largest absolute Gasteiger partial charge is 0.102 e. The molecular weight excluding hydrogens is 84.1 g/mol. The highest BCUT2D eigenvalue weighted by Gasteiger charge is 1.68. The Labute approximate surface area is 45.2 Å². The first-order chi connectivity index (χ1) is 3.31. The monoisotopic (exact) mass is 94.1 g/mol. The van der Waals surface area contributed by atoms with Crippen LogP contribution in [-0.2, 0) is 0 Å². The second-order valence-electron chi connectivity index (χ2n) is 1.35. The van der Waals surface area contributed by atoms with Crippen molar-refractivity contribution in [2.75, 3.05) is 0 Å². The fraction of sp³-hybridized carbons (Fsp3) is 0.429. The summed E-state index contributed by atoms with van der Waals surface area (Å²) in [4.78, 5) is 0. The maximum atomic E-state index is 2.91. The molecule has 0 rings (SSSR count). The Balaban J connectivity index is 3.75. The van der Waals surface area contributed by atoms with Crippen LogP contribution in [-0.4, -0.2) is 0 Å². The summed E-state index contributed by atoms with van der Waals surface area (Å²) >= 11 is 0. The summed E-state index contributed by atoms with van der Waals surface area (Å²) in [6.45, 7) is 5.82. The average Bonchev–Trinajstić information content (AvgIpc) is 1.68. The molecule has 0 nitrogen and oxygen atoms in total. The first-order valence-electron chi connectivity index (χ1n) is 2.37. The molecule has 0 radical (unpaired) electrons. The standard InChI is InChI=1S/C7H10/c1-4-6-7(3)5-2/h5H,1-3H3/b7-5+. The fourth-order valence-electron chi connectivity index (χ4n) is 0.269. The molecule has 0 heterocycles. The molecule has 0 aliphatic carbocycles. The van der Waals surface area contributed by atoms with Crippen LogP contribution in [0.25, 0.3) is 0 Å². The molecule has 0 unspecified atom stereocenters. The zero-order chi connectivity index (χ0) is 5.70. The van der Waals surface area contributed by atoms with Gasteiger partial charge in [-0.3, -0.25) is 0 Å². The average molecular weight is 94.2 g/mol. The highest BCUT2D eigenvalue weighted by Crippen LogP contribution is 1.84. The van der Waals surface area contributed by atoms with Gasteiger partial charge in [0.2, 0.25) is 0 Å². The first-order valence-corrected chi connectivity index (χ1v) is 2.37. The normalized spacial score (nSPS) is 9.86. The molecule has 0 spiro atoms. The Morgan fingerprint density at radius 1 is 1.57 bits per heavy atom. The molecule has 0 fully saturated rings. The van der Waals surface area contributed by atoms with Gasteiger partial charge in [-0.05, 0) is 26.3 Å². The minimum absolute atomic E-state index is 1.14. The zero-order valence-electron chi connectivity index (χ0n) is 5.08. The van der Waals surface area contributed by atoms with Crippen molar-refractivity contribution < 1.29 is 0 Å². The Bertz CT molecular complexity index is 119. The molecule has 0 heteroatoms. The van der Waals surface area contributed by atoms with Gasteiger partial charge in [-0.25, -0.2) is 0 Å². The van der Waals surface area contributed by atoms with Gasteiger partial charge in [0.15, 0.2) is 0 Å². The molecule has 0 amide bonds. The molecule has 0 aromatic heterocycles. The molecule has 38 valence electrons. The minimum Gasteiger partial charge on any atom is -0.102 e. The van der Waals surface area contributed by atoms with Gasteiger partial charge >= 0.3 is 0 Å². The lowest BCUT2D eigenvalue weighted by Crippen LogP contribution is -1.61. The third-order valence-electron chi connectivity index (χ3n) is 0.755. The minimum atomic E-state index is 1.14. The van der Waals surface area contributed by atoms with E-state index in [2.05, 4.69) is 11.8 Å². The van der Waals surface area contributed by atoms with E-state index < -0.39 is 0 Å². The lowest BCUT2D eigenvalue weighted by molar-refractivity contribution is 1.52. The van der Waals surface area contributed by atoms with Gasteiger partial charge in [-0.1, -0.05) is 12.0 Å². The SMILES string of the molecule is CC#C/C(C)=C/C. The predicted molar refractivity (Wildman–Crippen MR) is 32.9 cm³/mol. The molecule has 0 atom stereocenters. The van der Waals surface area contributed by atoms with Crippen LogP contribution in [0, 0.1) is 11.8 Å². The van der Waals surface area contributed by atoms with E-state index in [-0.39, 0.29) is 0 Å². The van der Waals surface area contributed by atoms with Crippen LogP contribution < -0.4 is 0 Å². The van der Waals surface area contributed by atoms with E-state index in [1.54, 1.807) is 0 Å². The van der Waals surface area contributed by atoms with Gasteiger partial charge < -0.3 is 0 Å². The van der Waals surface area contributed by atoms with Crippen LogP contribution in [0.4, 0.5) is 0 Å². The molecule has 0 bridgehead atoms.